The molecule has 0 radical (unpaired) electrons. The SMILES string of the molecule is Cc1ccc(CNc2cc(Br)ccc2[N+](=O)[O-])o1. The molecule has 2 aromatic rings. The van der Waals surface area contributed by atoms with Crippen molar-refractivity contribution in [2.45, 2.75) is 13.5 Å². The van der Waals surface area contributed by atoms with Gasteiger partial charge in [0.05, 0.1) is 11.5 Å². The fraction of sp³-hybridized carbons (Fsp3) is 0.167. The number of nitro groups is 1. The molecule has 0 unspecified atom stereocenters. The number of halogens is 1. The van der Waals surface area contributed by atoms with Crippen LogP contribution in [0, 0.1) is 17.0 Å². The second kappa shape index (κ2) is 5.22. The molecular weight excluding hydrogens is 300 g/mol. The average Bonchev–Trinajstić information content (AvgIpc) is 2.72. The van der Waals surface area contributed by atoms with E-state index in [1.807, 2.05) is 19.1 Å². The molecule has 0 aliphatic heterocycles. The summed E-state index contributed by atoms with van der Waals surface area (Å²) >= 11 is 3.29. The van der Waals surface area contributed by atoms with Crippen molar-refractivity contribution < 1.29 is 9.34 Å². The smallest absolute Gasteiger partial charge is 0.292 e. The van der Waals surface area contributed by atoms with E-state index in [4.69, 9.17) is 4.42 Å². The summed E-state index contributed by atoms with van der Waals surface area (Å²) in [7, 11) is 0. The molecule has 0 saturated heterocycles. The van der Waals surface area contributed by atoms with Gasteiger partial charge in [-0.2, -0.15) is 0 Å². The quantitative estimate of drug-likeness (QED) is 0.687. The van der Waals surface area contributed by atoms with Crippen molar-refractivity contribution in [2.24, 2.45) is 0 Å². The summed E-state index contributed by atoms with van der Waals surface area (Å²) in [4.78, 5) is 10.5. The largest absolute Gasteiger partial charge is 0.465 e. The van der Waals surface area contributed by atoms with Gasteiger partial charge in [0, 0.05) is 10.5 Å². The molecule has 6 heteroatoms. The maximum absolute atomic E-state index is 10.9. The molecule has 1 aromatic heterocycles. The minimum absolute atomic E-state index is 0.0430. The third-order valence-corrected chi connectivity index (χ3v) is 2.90. The van der Waals surface area contributed by atoms with Crippen LogP contribution in [0.3, 0.4) is 0 Å². The van der Waals surface area contributed by atoms with Crippen LogP contribution in [0.4, 0.5) is 11.4 Å². The van der Waals surface area contributed by atoms with Crippen LogP contribution in [0.1, 0.15) is 11.5 Å². The van der Waals surface area contributed by atoms with E-state index in [1.165, 1.54) is 6.07 Å². The number of nitrogens with zero attached hydrogens (tertiary/aromatic N) is 1. The Morgan fingerprint density at radius 3 is 2.78 bits per heavy atom. The molecule has 0 spiro atoms. The van der Waals surface area contributed by atoms with E-state index in [1.54, 1.807) is 12.1 Å². The molecule has 1 heterocycles. The van der Waals surface area contributed by atoms with Crippen LogP contribution in [-0.2, 0) is 6.54 Å². The van der Waals surface area contributed by atoms with Gasteiger partial charge < -0.3 is 9.73 Å². The molecule has 0 aliphatic rings. The Balaban J connectivity index is 2.17. The van der Waals surface area contributed by atoms with E-state index in [9.17, 15) is 10.1 Å². The van der Waals surface area contributed by atoms with Crippen molar-refractivity contribution in [3.8, 4) is 0 Å². The zero-order valence-electron chi connectivity index (χ0n) is 9.64. The Kier molecular flexibility index (Phi) is 3.66. The van der Waals surface area contributed by atoms with Crippen molar-refractivity contribution in [3.63, 3.8) is 0 Å². The molecule has 0 fully saturated rings. The van der Waals surface area contributed by atoms with E-state index in [0.29, 0.717) is 12.2 Å². The third kappa shape index (κ3) is 2.89. The topological polar surface area (TPSA) is 68.3 Å². The number of rotatable bonds is 4. The van der Waals surface area contributed by atoms with Crippen LogP contribution in [0.5, 0.6) is 0 Å². The lowest BCUT2D eigenvalue weighted by molar-refractivity contribution is -0.384. The first-order chi connectivity index (χ1) is 8.56. The molecule has 1 aromatic carbocycles. The predicted octanol–water partition coefficient (Wildman–Crippen LogP) is 3.87. The van der Waals surface area contributed by atoms with Crippen LogP contribution in [0.15, 0.2) is 39.2 Å². The first-order valence-corrected chi connectivity index (χ1v) is 6.08. The van der Waals surface area contributed by atoms with E-state index >= 15 is 0 Å². The lowest BCUT2D eigenvalue weighted by Crippen LogP contribution is -2.01. The Morgan fingerprint density at radius 1 is 1.39 bits per heavy atom. The van der Waals surface area contributed by atoms with Crippen LogP contribution < -0.4 is 5.32 Å². The monoisotopic (exact) mass is 310 g/mol. The normalized spacial score (nSPS) is 10.3. The summed E-state index contributed by atoms with van der Waals surface area (Å²) in [5.41, 5.74) is 0.505. The first-order valence-electron chi connectivity index (χ1n) is 5.29. The minimum atomic E-state index is -0.415. The molecule has 18 heavy (non-hydrogen) atoms. The van der Waals surface area contributed by atoms with E-state index in [0.717, 1.165) is 16.0 Å². The molecule has 2 rings (SSSR count). The van der Waals surface area contributed by atoms with E-state index in [2.05, 4.69) is 21.2 Å². The Morgan fingerprint density at radius 2 is 2.17 bits per heavy atom. The predicted molar refractivity (Wildman–Crippen MR) is 71.6 cm³/mol. The molecule has 0 saturated carbocycles. The highest BCUT2D eigenvalue weighted by molar-refractivity contribution is 9.10. The standard InChI is InChI=1S/C12H11BrN2O3/c1-8-2-4-10(18-8)7-14-11-6-9(13)3-5-12(11)15(16)17/h2-6,14H,7H2,1H3. The second-order valence-electron chi connectivity index (χ2n) is 3.78. The minimum Gasteiger partial charge on any atom is -0.465 e. The van der Waals surface area contributed by atoms with Crippen LogP contribution in [-0.4, -0.2) is 4.92 Å². The van der Waals surface area contributed by atoms with E-state index in [-0.39, 0.29) is 5.69 Å². The number of furan rings is 1. The third-order valence-electron chi connectivity index (χ3n) is 2.40. The molecule has 0 atom stereocenters. The van der Waals surface area contributed by atoms with Crippen molar-refractivity contribution in [2.75, 3.05) is 5.32 Å². The fourth-order valence-corrected chi connectivity index (χ4v) is 1.93. The van der Waals surface area contributed by atoms with Gasteiger partial charge in [-0.3, -0.25) is 10.1 Å². The van der Waals surface area contributed by atoms with Gasteiger partial charge in [0.15, 0.2) is 0 Å². The lowest BCUT2D eigenvalue weighted by atomic mass is 10.2. The van der Waals surface area contributed by atoms with Gasteiger partial charge in [0.1, 0.15) is 17.2 Å². The zero-order valence-corrected chi connectivity index (χ0v) is 11.2. The van der Waals surface area contributed by atoms with Crippen LogP contribution in [0.25, 0.3) is 0 Å². The Bertz CT molecular complexity index is 580. The number of nitrogens with one attached hydrogen (secondary N) is 1. The highest BCUT2D eigenvalue weighted by Crippen LogP contribution is 2.28. The summed E-state index contributed by atoms with van der Waals surface area (Å²) in [5, 5.41) is 13.9. The number of benzene rings is 1. The van der Waals surface area contributed by atoms with Gasteiger partial charge in [-0.1, -0.05) is 15.9 Å². The summed E-state index contributed by atoms with van der Waals surface area (Å²) in [6.07, 6.45) is 0. The van der Waals surface area contributed by atoms with Gasteiger partial charge in [-0.25, -0.2) is 0 Å². The van der Waals surface area contributed by atoms with Crippen LogP contribution in [0.2, 0.25) is 0 Å². The highest BCUT2D eigenvalue weighted by atomic mass is 79.9. The zero-order chi connectivity index (χ0) is 13.1. The number of hydrogen-bond acceptors (Lipinski definition) is 4. The van der Waals surface area contributed by atoms with Crippen molar-refractivity contribution in [3.05, 3.63) is 56.4 Å². The molecule has 1 N–H and O–H groups in total. The van der Waals surface area contributed by atoms with Gasteiger partial charge in [-0.05, 0) is 31.2 Å². The van der Waals surface area contributed by atoms with Gasteiger partial charge in [0.2, 0.25) is 0 Å². The summed E-state index contributed by atoms with van der Waals surface area (Å²) in [5.74, 6) is 1.55. The summed E-state index contributed by atoms with van der Waals surface area (Å²) in [6, 6.07) is 8.46. The Hall–Kier alpha value is -1.82. The molecule has 5 nitrogen and oxygen atoms in total. The van der Waals surface area contributed by atoms with Crippen molar-refractivity contribution in [1.29, 1.82) is 0 Å². The summed E-state index contributed by atoms with van der Waals surface area (Å²) < 4.78 is 6.18. The lowest BCUT2D eigenvalue weighted by Gasteiger charge is -2.05. The number of aryl methyl sites for hydroxylation is 1. The van der Waals surface area contributed by atoms with Gasteiger partial charge >= 0.3 is 0 Å². The summed E-state index contributed by atoms with van der Waals surface area (Å²) in [6.45, 7) is 2.26. The first kappa shape index (κ1) is 12.6. The highest BCUT2D eigenvalue weighted by Gasteiger charge is 2.13. The van der Waals surface area contributed by atoms with Gasteiger partial charge in [-0.15, -0.1) is 0 Å². The van der Waals surface area contributed by atoms with Gasteiger partial charge in [0.25, 0.3) is 5.69 Å². The number of nitro benzene ring substituents is 1. The molecule has 94 valence electrons. The maximum Gasteiger partial charge on any atom is 0.292 e. The average molecular weight is 311 g/mol. The Labute approximate surface area is 112 Å². The van der Waals surface area contributed by atoms with E-state index < -0.39 is 4.92 Å². The van der Waals surface area contributed by atoms with Crippen LogP contribution >= 0.6 is 15.9 Å². The number of anilines is 1. The number of hydrogen-bond donors (Lipinski definition) is 1. The maximum atomic E-state index is 10.9. The molecule has 0 amide bonds. The van der Waals surface area contributed by atoms with Crippen molar-refractivity contribution in [1.82, 2.24) is 0 Å². The van der Waals surface area contributed by atoms with Crippen molar-refractivity contribution >= 4 is 27.3 Å². The molecule has 0 bridgehead atoms. The fourth-order valence-electron chi connectivity index (χ4n) is 1.57. The molecule has 0 aliphatic carbocycles. The molecular formula is C12H11BrN2O3. The second-order valence-corrected chi connectivity index (χ2v) is 4.70.